The van der Waals surface area contributed by atoms with Gasteiger partial charge in [-0.2, -0.15) is 17.6 Å². The maximum Gasteiger partial charge on any atom is 0.387 e. The monoisotopic (exact) mass is 554 g/mol. The van der Waals surface area contributed by atoms with Crippen LogP contribution in [0.2, 0.25) is 0 Å². The zero-order chi connectivity index (χ0) is 27.1. The number of ether oxygens (including phenoxy) is 4. The number of halogens is 4. The molecule has 2 aromatic heterocycles. The zero-order valence-corrected chi connectivity index (χ0v) is 20.8. The van der Waals surface area contributed by atoms with Crippen molar-refractivity contribution in [2.75, 3.05) is 24.4 Å². The van der Waals surface area contributed by atoms with Gasteiger partial charge in [-0.1, -0.05) is 0 Å². The van der Waals surface area contributed by atoms with Crippen molar-refractivity contribution in [1.29, 1.82) is 0 Å². The molecule has 1 atom stereocenters. The molecule has 0 amide bonds. The fourth-order valence-corrected chi connectivity index (χ4v) is 4.22. The summed E-state index contributed by atoms with van der Waals surface area (Å²) in [4.78, 5) is 10.9. The second-order valence-corrected chi connectivity index (χ2v) is 8.48. The Morgan fingerprint density at radius 2 is 1.63 bits per heavy atom. The molecular weight excluding hydrogens is 532 g/mol. The summed E-state index contributed by atoms with van der Waals surface area (Å²) in [5.74, 6) is 0.247. The van der Waals surface area contributed by atoms with Gasteiger partial charge in [-0.3, -0.25) is 4.98 Å². The average molecular weight is 555 g/mol. The van der Waals surface area contributed by atoms with Crippen molar-refractivity contribution in [3.8, 4) is 23.0 Å². The number of anilines is 2. The van der Waals surface area contributed by atoms with Crippen LogP contribution in [0, 0.1) is 0 Å². The van der Waals surface area contributed by atoms with Crippen LogP contribution < -0.4 is 29.2 Å². The molecule has 2 heterocycles. The molecule has 0 saturated carbocycles. The lowest BCUT2D eigenvalue weighted by Crippen LogP contribution is -2.33. The number of nitrogens with one attached hydrogen (secondary N) is 1. The first-order valence-corrected chi connectivity index (χ1v) is 11.8. The number of nitrogens with zero attached hydrogens (tertiary/aromatic N) is 3. The lowest BCUT2D eigenvalue weighted by molar-refractivity contribution is -0.0691. The molecule has 14 heteroatoms. The van der Waals surface area contributed by atoms with Gasteiger partial charge in [0.1, 0.15) is 0 Å². The van der Waals surface area contributed by atoms with E-state index >= 15 is 0 Å². The van der Waals surface area contributed by atoms with Gasteiger partial charge >= 0.3 is 13.2 Å². The maximum atomic E-state index is 13.0. The Hall–Kier alpha value is -4.20. The minimum Gasteiger partial charge on any atom is -0.493 e. The standard InChI is InChI=1S/C24H22F4N4O5S/c1-33-17-6-4-15(8-19(17)34-2)32(11-16-9-30-13-38-16)22(21-10-29-12-35-21)31-14-3-5-18(36-23(25)26)20(7-14)37-24(27)28/h3-10,12-13,22-24,31H,11H2,1-2H3. The van der Waals surface area contributed by atoms with Gasteiger partial charge in [0.05, 0.1) is 32.5 Å². The fourth-order valence-electron chi connectivity index (χ4n) is 3.62. The topological polar surface area (TPSA) is 91.1 Å². The van der Waals surface area contributed by atoms with Crippen LogP contribution in [0.1, 0.15) is 16.8 Å². The van der Waals surface area contributed by atoms with E-state index in [1.54, 1.807) is 29.9 Å². The summed E-state index contributed by atoms with van der Waals surface area (Å²) in [7, 11) is 3.03. The Bertz CT molecular complexity index is 1300. The Labute approximate surface area is 218 Å². The molecule has 4 rings (SSSR count). The minimum atomic E-state index is -3.26. The Kier molecular flexibility index (Phi) is 8.73. The highest BCUT2D eigenvalue weighted by Crippen LogP contribution is 2.38. The number of hydrogen-bond acceptors (Lipinski definition) is 10. The van der Waals surface area contributed by atoms with Crippen LogP contribution in [0.3, 0.4) is 0 Å². The SMILES string of the molecule is COc1ccc(N(Cc2cncs2)C(Nc2ccc(OC(F)F)c(OC(F)F)c2)c2cnco2)cc1OC. The van der Waals surface area contributed by atoms with Crippen LogP contribution in [0.4, 0.5) is 28.9 Å². The Morgan fingerprint density at radius 1 is 0.895 bits per heavy atom. The van der Waals surface area contributed by atoms with Gasteiger partial charge in [0.2, 0.25) is 0 Å². The van der Waals surface area contributed by atoms with Crippen LogP contribution >= 0.6 is 11.3 Å². The number of thiazole rings is 1. The molecular formula is C24H22F4N4O5S. The van der Waals surface area contributed by atoms with E-state index in [-0.39, 0.29) is 5.69 Å². The quantitative estimate of drug-likeness (QED) is 0.154. The number of hydrogen-bond donors (Lipinski definition) is 1. The third kappa shape index (κ3) is 6.56. The van der Waals surface area contributed by atoms with Gasteiger partial charge in [-0.15, -0.1) is 11.3 Å². The van der Waals surface area contributed by atoms with Crippen LogP contribution in [0.15, 0.2) is 65.1 Å². The summed E-state index contributed by atoms with van der Waals surface area (Å²) in [6.45, 7) is -6.15. The molecule has 1 unspecified atom stereocenters. The molecule has 0 saturated heterocycles. The third-order valence-electron chi connectivity index (χ3n) is 5.22. The summed E-state index contributed by atoms with van der Waals surface area (Å²) in [5, 5.41) is 3.19. The molecule has 0 fully saturated rings. The number of alkyl halides is 4. The second kappa shape index (κ2) is 12.4. The molecule has 0 bridgehead atoms. The van der Waals surface area contributed by atoms with Crippen molar-refractivity contribution in [2.24, 2.45) is 0 Å². The van der Waals surface area contributed by atoms with E-state index < -0.39 is 30.9 Å². The van der Waals surface area contributed by atoms with Gasteiger partial charge in [-0.05, 0) is 24.3 Å². The maximum absolute atomic E-state index is 13.0. The van der Waals surface area contributed by atoms with E-state index in [9.17, 15) is 17.6 Å². The first-order chi connectivity index (χ1) is 18.4. The average Bonchev–Trinajstić information content (AvgIpc) is 3.61. The van der Waals surface area contributed by atoms with Crippen molar-refractivity contribution in [3.05, 3.63) is 71.3 Å². The van der Waals surface area contributed by atoms with Gasteiger partial charge in [0.15, 0.2) is 41.3 Å². The fraction of sp³-hybridized carbons (Fsp3) is 0.250. The molecule has 9 nitrogen and oxygen atoms in total. The predicted octanol–water partition coefficient (Wildman–Crippen LogP) is 6.17. The minimum absolute atomic E-state index is 0.249. The van der Waals surface area contributed by atoms with Gasteiger partial charge < -0.3 is 33.6 Å². The normalized spacial score (nSPS) is 11.9. The summed E-state index contributed by atoms with van der Waals surface area (Å²) in [6.07, 6.45) is 3.68. The number of methoxy groups -OCH3 is 2. The van der Waals surface area contributed by atoms with Crippen molar-refractivity contribution in [2.45, 2.75) is 25.9 Å². The van der Waals surface area contributed by atoms with Crippen molar-refractivity contribution in [1.82, 2.24) is 9.97 Å². The Morgan fingerprint density at radius 3 is 2.26 bits per heavy atom. The van der Waals surface area contributed by atoms with E-state index in [4.69, 9.17) is 13.9 Å². The molecule has 4 aromatic rings. The zero-order valence-electron chi connectivity index (χ0n) is 20.0. The number of benzene rings is 2. The molecule has 1 N–H and O–H groups in total. The second-order valence-electron chi connectivity index (χ2n) is 7.50. The smallest absolute Gasteiger partial charge is 0.387 e. The van der Waals surface area contributed by atoms with Crippen LogP contribution in [0.5, 0.6) is 23.0 Å². The highest BCUT2D eigenvalue weighted by atomic mass is 32.1. The number of rotatable bonds is 13. The molecule has 0 radical (unpaired) electrons. The molecule has 0 aliphatic rings. The summed E-state index contributed by atoms with van der Waals surface area (Å²) < 4.78 is 76.8. The molecule has 0 aliphatic carbocycles. The molecule has 0 spiro atoms. The van der Waals surface area contributed by atoms with Gasteiger partial charge in [0.25, 0.3) is 0 Å². The Balaban J connectivity index is 1.76. The van der Waals surface area contributed by atoms with Gasteiger partial charge in [-0.25, -0.2) is 4.98 Å². The van der Waals surface area contributed by atoms with Crippen molar-refractivity contribution in [3.63, 3.8) is 0 Å². The van der Waals surface area contributed by atoms with E-state index in [0.29, 0.717) is 29.5 Å². The first kappa shape index (κ1) is 26.9. The summed E-state index contributed by atoms with van der Waals surface area (Å²) in [5.41, 5.74) is 2.61. The molecule has 38 heavy (non-hydrogen) atoms. The van der Waals surface area contributed by atoms with E-state index in [2.05, 4.69) is 24.8 Å². The van der Waals surface area contributed by atoms with Crippen LogP contribution in [-0.4, -0.2) is 37.4 Å². The van der Waals surface area contributed by atoms with Crippen molar-refractivity contribution >= 4 is 22.7 Å². The van der Waals surface area contributed by atoms with Gasteiger partial charge in [0, 0.05) is 34.6 Å². The van der Waals surface area contributed by atoms with Crippen molar-refractivity contribution < 1.29 is 40.9 Å². The van der Waals surface area contributed by atoms with E-state index in [1.807, 2.05) is 4.90 Å². The lowest BCUT2D eigenvalue weighted by atomic mass is 10.2. The molecule has 202 valence electrons. The molecule has 2 aromatic carbocycles. The third-order valence-corrected chi connectivity index (χ3v) is 5.98. The molecule has 0 aliphatic heterocycles. The number of aromatic nitrogens is 2. The summed E-state index contributed by atoms with van der Waals surface area (Å²) >= 11 is 1.43. The van der Waals surface area contributed by atoms with E-state index in [1.165, 1.54) is 44.2 Å². The largest absolute Gasteiger partial charge is 0.493 e. The lowest BCUT2D eigenvalue weighted by Gasteiger charge is -2.33. The van der Waals surface area contributed by atoms with Crippen LogP contribution in [-0.2, 0) is 6.54 Å². The highest BCUT2D eigenvalue weighted by molar-refractivity contribution is 7.09. The number of oxazole rings is 1. The predicted molar refractivity (Wildman–Crippen MR) is 130 cm³/mol. The summed E-state index contributed by atoms with van der Waals surface area (Å²) in [6, 6.07) is 8.92. The highest BCUT2D eigenvalue weighted by Gasteiger charge is 2.27. The van der Waals surface area contributed by atoms with Crippen LogP contribution in [0.25, 0.3) is 0 Å². The first-order valence-electron chi connectivity index (χ1n) is 10.9. The van der Waals surface area contributed by atoms with E-state index in [0.717, 1.165) is 17.0 Å².